The Balaban J connectivity index is 1.56. The van der Waals surface area contributed by atoms with Crippen LogP contribution in [0.4, 0.5) is 0 Å². The Morgan fingerprint density at radius 2 is 1.60 bits per heavy atom. The molecular weight excluding hydrogens is 464 g/mol. The van der Waals surface area contributed by atoms with Gasteiger partial charge in [0.1, 0.15) is 42.7 Å². The smallest absolute Gasteiger partial charge is 0.186 e. The van der Waals surface area contributed by atoms with Crippen LogP contribution in [-0.2, 0) is 18.9 Å². The Morgan fingerprint density at radius 1 is 0.943 bits per heavy atom. The minimum Gasteiger partial charge on any atom is -0.392 e. The summed E-state index contributed by atoms with van der Waals surface area (Å²) < 4.78 is 22.2. The summed E-state index contributed by atoms with van der Waals surface area (Å²) in [6.07, 6.45) is -10.3. The molecule has 2 fully saturated rings. The van der Waals surface area contributed by atoms with Crippen molar-refractivity contribution in [1.82, 2.24) is 0 Å². The molecule has 2 heterocycles. The van der Waals surface area contributed by atoms with E-state index in [1.807, 2.05) is 20.8 Å². The van der Waals surface area contributed by atoms with Crippen LogP contribution < -0.4 is 0 Å². The summed E-state index contributed by atoms with van der Waals surface area (Å²) in [5, 5.41) is 70.8. The highest BCUT2D eigenvalue weighted by molar-refractivity contribution is 5.24. The van der Waals surface area contributed by atoms with Gasteiger partial charge in [0.25, 0.3) is 0 Å². The average Bonchev–Trinajstić information content (AvgIpc) is 2.80. The number of ether oxygens (including phenoxy) is 4. The molecule has 3 aliphatic rings. The number of rotatable bonds is 8. The van der Waals surface area contributed by atoms with Crippen LogP contribution in [-0.4, -0.2) is 116 Å². The lowest BCUT2D eigenvalue weighted by molar-refractivity contribution is -0.326. The zero-order valence-electron chi connectivity index (χ0n) is 20.9. The van der Waals surface area contributed by atoms with E-state index < -0.39 is 61.4 Å². The van der Waals surface area contributed by atoms with Gasteiger partial charge in [-0.2, -0.15) is 0 Å². The van der Waals surface area contributed by atoms with E-state index in [-0.39, 0.29) is 24.7 Å². The van der Waals surface area contributed by atoms with Gasteiger partial charge in [0.2, 0.25) is 0 Å². The molecule has 11 atom stereocenters. The van der Waals surface area contributed by atoms with Gasteiger partial charge in [-0.25, -0.2) is 0 Å². The first-order valence-electron chi connectivity index (χ1n) is 12.3. The molecule has 2 saturated heterocycles. The Morgan fingerprint density at radius 3 is 2.29 bits per heavy atom. The van der Waals surface area contributed by atoms with E-state index in [0.29, 0.717) is 12.8 Å². The normalized spacial score (nSPS) is 43.3. The molecule has 35 heavy (non-hydrogen) atoms. The second-order valence-corrected chi connectivity index (χ2v) is 10.6. The molecule has 0 aromatic heterocycles. The molecule has 7 N–H and O–H groups in total. The molecule has 0 aromatic carbocycles. The Hall–Kier alpha value is -0.700. The van der Waals surface area contributed by atoms with Crippen LogP contribution in [0.1, 0.15) is 53.4 Å². The van der Waals surface area contributed by atoms with Crippen molar-refractivity contribution >= 4 is 0 Å². The standard InChI is InChI=1S/C24H42O11/c1-11-5-8-16(26)24(3,4)13(11)7-6-12(2)34-23-21(31)19(29)18(28)15(35-23)10-33-22-20(30)17(27)14(25)9-32-22/h12,14-23,25-31H,5-10H2,1-4H3. The van der Waals surface area contributed by atoms with Gasteiger partial charge in [-0.05, 0) is 39.5 Å². The summed E-state index contributed by atoms with van der Waals surface area (Å²) in [6.45, 7) is 7.39. The van der Waals surface area contributed by atoms with Crippen LogP contribution in [0.5, 0.6) is 0 Å². The van der Waals surface area contributed by atoms with Crippen molar-refractivity contribution in [3.63, 3.8) is 0 Å². The topological polar surface area (TPSA) is 179 Å². The molecule has 0 radical (unpaired) electrons. The number of hydrogen-bond donors (Lipinski definition) is 7. The fourth-order valence-electron chi connectivity index (χ4n) is 5.08. The lowest BCUT2D eigenvalue weighted by atomic mass is 9.69. The zero-order valence-corrected chi connectivity index (χ0v) is 20.9. The van der Waals surface area contributed by atoms with E-state index in [1.54, 1.807) is 0 Å². The minimum atomic E-state index is -1.56. The van der Waals surface area contributed by atoms with E-state index >= 15 is 0 Å². The summed E-state index contributed by atoms with van der Waals surface area (Å²) in [5.41, 5.74) is 2.12. The van der Waals surface area contributed by atoms with Gasteiger partial charge in [0.15, 0.2) is 12.6 Å². The van der Waals surface area contributed by atoms with E-state index in [9.17, 15) is 35.7 Å². The Bertz CT molecular complexity index is 728. The lowest BCUT2D eigenvalue weighted by Crippen LogP contribution is -2.60. The number of aliphatic hydroxyl groups is 7. The van der Waals surface area contributed by atoms with E-state index in [0.717, 1.165) is 12.8 Å². The zero-order chi connectivity index (χ0) is 26.1. The van der Waals surface area contributed by atoms with E-state index in [1.165, 1.54) is 11.1 Å². The minimum absolute atomic E-state index is 0.245. The van der Waals surface area contributed by atoms with Crippen molar-refractivity contribution in [1.29, 1.82) is 0 Å². The predicted molar refractivity (Wildman–Crippen MR) is 122 cm³/mol. The molecule has 1 aliphatic carbocycles. The first-order valence-corrected chi connectivity index (χ1v) is 12.3. The molecule has 3 rings (SSSR count). The largest absolute Gasteiger partial charge is 0.392 e. The molecule has 204 valence electrons. The van der Waals surface area contributed by atoms with Crippen LogP contribution in [0.3, 0.4) is 0 Å². The Labute approximate surface area is 205 Å². The SMILES string of the molecule is CC1=C(CCC(C)OC2OC(COC3OCC(O)C(O)C3O)C(O)C(O)C2O)C(C)(C)C(O)CC1. The van der Waals surface area contributed by atoms with E-state index in [4.69, 9.17) is 18.9 Å². The van der Waals surface area contributed by atoms with Crippen LogP contribution in [0.15, 0.2) is 11.1 Å². The third-order valence-electron chi connectivity index (χ3n) is 7.63. The monoisotopic (exact) mass is 506 g/mol. The first kappa shape index (κ1) is 28.9. The van der Waals surface area contributed by atoms with Gasteiger partial charge in [-0.1, -0.05) is 25.0 Å². The predicted octanol–water partition coefficient (Wildman–Crippen LogP) is -1.07. The number of aliphatic hydroxyl groups excluding tert-OH is 7. The van der Waals surface area contributed by atoms with Crippen LogP contribution >= 0.6 is 0 Å². The van der Waals surface area contributed by atoms with Crippen molar-refractivity contribution in [3.8, 4) is 0 Å². The average molecular weight is 507 g/mol. The molecule has 0 bridgehead atoms. The molecule has 0 aromatic rings. The first-order chi connectivity index (χ1) is 16.3. The summed E-state index contributed by atoms with van der Waals surface area (Å²) in [4.78, 5) is 0. The molecule has 0 amide bonds. The molecular formula is C24H42O11. The summed E-state index contributed by atoms with van der Waals surface area (Å²) in [6, 6.07) is 0. The fourth-order valence-corrected chi connectivity index (χ4v) is 5.08. The summed E-state index contributed by atoms with van der Waals surface area (Å²) in [5.74, 6) is 0. The van der Waals surface area contributed by atoms with E-state index in [2.05, 4.69) is 6.92 Å². The lowest BCUT2D eigenvalue weighted by Gasteiger charge is -2.42. The van der Waals surface area contributed by atoms with Crippen molar-refractivity contribution < 1.29 is 54.7 Å². The maximum absolute atomic E-state index is 10.4. The van der Waals surface area contributed by atoms with Crippen molar-refractivity contribution in [2.24, 2.45) is 5.41 Å². The molecule has 11 nitrogen and oxygen atoms in total. The number of hydrogen-bond acceptors (Lipinski definition) is 11. The quantitative estimate of drug-likeness (QED) is 0.199. The second kappa shape index (κ2) is 11.8. The molecule has 0 spiro atoms. The molecule has 11 unspecified atom stereocenters. The van der Waals surface area contributed by atoms with Crippen molar-refractivity contribution in [3.05, 3.63) is 11.1 Å². The van der Waals surface area contributed by atoms with Gasteiger partial charge in [0.05, 0.1) is 25.4 Å². The molecule has 11 heteroatoms. The highest BCUT2D eigenvalue weighted by Crippen LogP contribution is 2.43. The third-order valence-corrected chi connectivity index (χ3v) is 7.63. The van der Waals surface area contributed by atoms with Gasteiger partial charge in [0, 0.05) is 5.41 Å². The maximum atomic E-state index is 10.4. The van der Waals surface area contributed by atoms with Crippen LogP contribution in [0.2, 0.25) is 0 Å². The maximum Gasteiger partial charge on any atom is 0.186 e. The van der Waals surface area contributed by atoms with Gasteiger partial charge in [-0.3, -0.25) is 0 Å². The second-order valence-electron chi connectivity index (χ2n) is 10.6. The van der Waals surface area contributed by atoms with Crippen molar-refractivity contribution in [2.45, 2.75) is 121 Å². The van der Waals surface area contributed by atoms with Gasteiger partial charge in [-0.15, -0.1) is 0 Å². The Kier molecular flexibility index (Phi) is 9.72. The van der Waals surface area contributed by atoms with Crippen molar-refractivity contribution in [2.75, 3.05) is 13.2 Å². The fraction of sp³-hybridized carbons (Fsp3) is 0.917. The molecule has 2 aliphatic heterocycles. The van der Waals surface area contributed by atoms with Gasteiger partial charge >= 0.3 is 0 Å². The van der Waals surface area contributed by atoms with Crippen LogP contribution in [0.25, 0.3) is 0 Å². The highest BCUT2D eigenvalue weighted by Gasteiger charge is 2.46. The highest BCUT2D eigenvalue weighted by atomic mass is 16.7. The summed E-state index contributed by atoms with van der Waals surface area (Å²) in [7, 11) is 0. The number of allylic oxidation sites excluding steroid dienone is 1. The third kappa shape index (κ3) is 6.42. The van der Waals surface area contributed by atoms with Crippen LogP contribution in [0, 0.1) is 5.41 Å². The van der Waals surface area contributed by atoms with Gasteiger partial charge < -0.3 is 54.7 Å². The molecule has 0 saturated carbocycles. The summed E-state index contributed by atoms with van der Waals surface area (Å²) >= 11 is 0.